The van der Waals surface area contributed by atoms with E-state index in [-0.39, 0.29) is 18.0 Å². The topological polar surface area (TPSA) is 35.5 Å². The summed E-state index contributed by atoms with van der Waals surface area (Å²) in [4.78, 5) is 12.0. The summed E-state index contributed by atoms with van der Waals surface area (Å²) in [6.07, 6.45) is 0. The van der Waals surface area contributed by atoms with E-state index >= 15 is 0 Å². The molecular weight excluding hydrogens is 276 g/mol. The van der Waals surface area contributed by atoms with Crippen molar-refractivity contribution in [1.82, 2.24) is 0 Å². The summed E-state index contributed by atoms with van der Waals surface area (Å²) in [6, 6.07) is 15.1. The summed E-state index contributed by atoms with van der Waals surface area (Å²) in [5, 5.41) is 0. The molecule has 3 nitrogen and oxygen atoms in total. The molecule has 0 saturated heterocycles. The lowest BCUT2D eigenvalue weighted by Crippen LogP contribution is -2.11. The SMILES string of the molecule is COc1cccc(C(=O)OCc2ccc(C(C)(C)C)cc2)c1. The van der Waals surface area contributed by atoms with Gasteiger partial charge in [0.25, 0.3) is 0 Å². The van der Waals surface area contributed by atoms with Gasteiger partial charge in [-0.25, -0.2) is 4.79 Å². The Morgan fingerprint density at radius 2 is 1.73 bits per heavy atom. The molecule has 0 bridgehead atoms. The van der Waals surface area contributed by atoms with E-state index in [4.69, 9.17) is 9.47 Å². The fourth-order valence-electron chi connectivity index (χ4n) is 2.08. The first kappa shape index (κ1) is 16.1. The Morgan fingerprint density at radius 3 is 2.32 bits per heavy atom. The Labute approximate surface area is 131 Å². The molecule has 0 radical (unpaired) electrons. The van der Waals surface area contributed by atoms with Gasteiger partial charge >= 0.3 is 5.97 Å². The van der Waals surface area contributed by atoms with Crippen LogP contribution in [-0.4, -0.2) is 13.1 Å². The minimum Gasteiger partial charge on any atom is -0.497 e. The van der Waals surface area contributed by atoms with Crippen molar-refractivity contribution in [2.45, 2.75) is 32.8 Å². The fourth-order valence-corrected chi connectivity index (χ4v) is 2.08. The van der Waals surface area contributed by atoms with Crippen molar-refractivity contribution in [3.8, 4) is 5.75 Å². The highest BCUT2D eigenvalue weighted by Crippen LogP contribution is 2.22. The monoisotopic (exact) mass is 298 g/mol. The molecule has 0 aromatic heterocycles. The van der Waals surface area contributed by atoms with Crippen LogP contribution in [0.3, 0.4) is 0 Å². The molecule has 0 fully saturated rings. The third-order valence-corrected chi connectivity index (χ3v) is 3.50. The number of esters is 1. The number of carbonyl (C=O) groups excluding carboxylic acids is 1. The highest BCUT2D eigenvalue weighted by Gasteiger charge is 2.13. The van der Waals surface area contributed by atoms with E-state index in [1.54, 1.807) is 31.4 Å². The van der Waals surface area contributed by atoms with Crippen LogP contribution in [0.4, 0.5) is 0 Å². The van der Waals surface area contributed by atoms with Crippen molar-refractivity contribution in [3.63, 3.8) is 0 Å². The quantitative estimate of drug-likeness (QED) is 0.787. The molecule has 0 aliphatic rings. The number of carbonyl (C=O) groups is 1. The molecule has 0 heterocycles. The minimum absolute atomic E-state index is 0.121. The summed E-state index contributed by atoms with van der Waals surface area (Å²) < 4.78 is 10.4. The molecule has 22 heavy (non-hydrogen) atoms. The van der Waals surface area contributed by atoms with Gasteiger partial charge in [0, 0.05) is 0 Å². The molecule has 0 spiro atoms. The zero-order valence-electron chi connectivity index (χ0n) is 13.6. The molecule has 0 aliphatic carbocycles. The number of hydrogen-bond donors (Lipinski definition) is 0. The van der Waals surface area contributed by atoms with Crippen LogP contribution in [-0.2, 0) is 16.8 Å². The summed E-state index contributed by atoms with van der Waals surface area (Å²) in [5.74, 6) is 0.294. The molecular formula is C19H22O3. The molecule has 0 aliphatic heterocycles. The van der Waals surface area contributed by atoms with Crippen LogP contribution in [0.1, 0.15) is 42.3 Å². The first-order chi connectivity index (χ1) is 10.4. The standard InChI is InChI=1S/C19H22O3/c1-19(2,3)16-10-8-14(9-11-16)13-22-18(20)15-6-5-7-17(12-15)21-4/h5-12H,13H2,1-4H3. The van der Waals surface area contributed by atoms with Crippen molar-refractivity contribution in [1.29, 1.82) is 0 Å². The first-order valence-corrected chi connectivity index (χ1v) is 7.31. The maximum Gasteiger partial charge on any atom is 0.338 e. The predicted molar refractivity (Wildman–Crippen MR) is 87.3 cm³/mol. The van der Waals surface area contributed by atoms with Crippen LogP contribution < -0.4 is 4.74 Å². The van der Waals surface area contributed by atoms with Crippen molar-refractivity contribution >= 4 is 5.97 Å². The van der Waals surface area contributed by atoms with E-state index < -0.39 is 0 Å². The van der Waals surface area contributed by atoms with Crippen LogP contribution >= 0.6 is 0 Å². The van der Waals surface area contributed by atoms with Crippen molar-refractivity contribution in [2.75, 3.05) is 7.11 Å². The van der Waals surface area contributed by atoms with Crippen LogP contribution in [0.5, 0.6) is 5.75 Å². The largest absolute Gasteiger partial charge is 0.497 e. The molecule has 0 saturated carbocycles. The van der Waals surface area contributed by atoms with Crippen LogP contribution in [0, 0.1) is 0 Å². The Morgan fingerprint density at radius 1 is 1.05 bits per heavy atom. The van der Waals surface area contributed by atoms with Gasteiger partial charge in [-0.1, -0.05) is 51.1 Å². The maximum absolute atomic E-state index is 12.0. The highest BCUT2D eigenvalue weighted by molar-refractivity contribution is 5.89. The van der Waals surface area contributed by atoms with Gasteiger partial charge in [-0.2, -0.15) is 0 Å². The van der Waals surface area contributed by atoms with E-state index in [1.807, 2.05) is 12.1 Å². The average Bonchev–Trinajstić information content (AvgIpc) is 2.52. The Kier molecular flexibility index (Phi) is 4.86. The zero-order chi connectivity index (χ0) is 16.2. The van der Waals surface area contributed by atoms with Crippen molar-refractivity contribution < 1.29 is 14.3 Å². The summed E-state index contributed by atoms with van der Waals surface area (Å²) in [6.45, 7) is 6.78. The Hall–Kier alpha value is -2.29. The average molecular weight is 298 g/mol. The minimum atomic E-state index is -0.348. The van der Waals surface area contributed by atoms with E-state index in [0.29, 0.717) is 11.3 Å². The van der Waals surface area contributed by atoms with Gasteiger partial charge < -0.3 is 9.47 Å². The molecule has 3 heteroatoms. The lowest BCUT2D eigenvalue weighted by Gasteiger charge is -2.19. The van der Waals surface area contributed by atoms with Crippen LogP contribution in [0.15, 0.2) is 48.5 Å². The molecule has 0 unspecified atom stereocenters. The smallest absolute Gasteiger partial charge is 0.338 e. The molecule has 0 N–H and O–H groups in total. The number of benzene rings is 2. The van der Waals surface area contributed by atoms with Crippen LogP contribution in [0.2, 0.25) is 0 Å². The summed E-state index contributed by atoms with van der Waals surface area (Å²) in [7, 11) is 1.57. The van der Waals surface area contributed by atoms with E-state index in [0.717, 1.165) is 5.56 Å². The van der Waals surface area contributed by atoms with Gasteiger partial charge in [0.15, 0.2) is 0 Å². The normalized spacial score (nSPS) is 11.1. The van der Waals surface area contributed by atoms with E-state index in [9.17, 15) is 4.79 Å². The van der Waals surface area contributed by atoms with E-state index in [1.165, 1.54) is 5.56 Å². The van der Waals surface area contributed by atoms with Gasteiger partial charge in [-0.05, 0) is 34.7 Å². The Bertz CT molecular complexity index is 636. The van der Waals surface area contributed by atoms with Gasteiger partial charge in [0.1, 0.15) is 12.4 Å². The number of ether oxygens (including phenoxy) is 2. The first-order valence-electron chi connectivity index (χ1n) is 7.31. The van der Waals surface area contributed by atoms with Gasteiger partial charge in [0.2, 0.25) is 0 Å². The van der Waals surface area contributed by atoms with E-state index in [2.05, 4.69) is 32.9 Å². The van der Waals surface area contributed by atoms with Gasteiger partial charge in [-0.15, -0.1) is 0 Å². The third kappa shape index (κ3) is 4.10. The second-order valence-corrected chi connectivity index (χ2v) is 6.26. The number of hydrogen-bond acceptors (Lipinski definition) is 3. The Balaban J connectivity index is 1.99. The molecule has 0 atom stereocenters. The van der Waals surface area contributed by atoms with Gasteiger partial charge in [-0.3, -0.25) is 0 Å². The zero-order valence-corrected chi connectivity index (χ0v) is 13.6. The summed E-state index contributed by atoms with van der Waals surface area (Å²) >= 11 is 0. The molecule has 2 rings (SSSR count). The molecule has 2 aromatic rings. The predicted octanol–water partition coefficient (Wildman–Crippen LogP) is 4.35. The molecule has 0 amide bonds. The maximum atomic E-state index is 12.0. The second-order valence-electron chi connectivity index (χ2n) is 6.26. The summed E-state index contributed by atoms with van der Waals surface area (Å²) in [5.41, 5.74) is 2.85. The lowest BCUT2D eigenvalue weighted by atomic mass is 9.87. The molecule has 116 valence electrons. The number of rotatable bonds is 4. The van der Waals surface area contributed by atoms with Crippen molar-refractivity contribution in [3.05, 3.63) is 65.2 Å². The van der Waals surface area contributed by atoms with Crippen LogP contribution in [0.25, 0.3) is 0 Å². The third-order valence-electron chi connectivity index (χ3n) is 3.50. The fraction of sp³-hybridized carbons (Fsp3) is 0.316. The number of methoxy groups -OCH3 is 1. The van der Waals surface area contributed by atoms with Gasteiger partial charge in [0.05, 0.1) is 12.7 Å². The molecule has 2 aromatic carbocycles. The lowest BCUT2D eigenvalue weighted by molar-refractivity contribution is 0.0472. The highest BCUT2D eigenvalue weighted by atomic mass is 16.5. The van der Waals surface area contributed by atoms with Crippen molar-refractivity contribution in [2.24, 2.45) is 0 Å². The second kappa shape index (κ2) is 6.65.